The summed E-state index contributed by atoms with van der Waals surface area (Å²) in [6.45, 7) is 6.36. The summed E-state index contributed by atoms with van der Waals surface area (Å²) >= 11 is 0. The minimum absolute atomic E-state index is 0.0674. The number of rotatable bonds is 7. The lowest BCUT2D eigenvalue weighted by Gasteiger charge is -2.07. The van der Waals surface area contributed by atoms with Crippen molar-refractivity contribution in [3.8, 4) is 11.3 Å². The molecule has 0 radical (unpaired) electrons. The van der Waals surface area contributed by atoms with Crippen LogP contribution >= 0.6 is 0 Å². The van der Waals surface area contributed by atoms with Crippen LogP contribution in [-0.2, 0) is 6.42 Å². The normalized spacial score (nSPS) is 16.1. The Labute approximate surface area is 190 Å². The van der Waals surface area contributed by atoms with Crippen LogP contribution in [0.1, 0.15) is 49.7 Å². The fourth-order valence-corrected chi connectivity index (χ4v) is 3.87. The monoisotopic (exact) mass is 424 g/mol. The Kier molecular flexibility index (Phi) is 6.60. The van der Waals surface area contributed by atoms with Crippen molar-refractivity contribution < 1.29 is 9.36 Å². The van der Waals surface area contributed by atoms with Gasteiger partial charge in [0.2, 0.25) is 0 Å². The molecule has 4 rings (SSSR count). The Hall–Kier alpha value is -3.53. The van der Waals surface area contributed by atoms with E-state index in [-0.39, 0.29) is 11.9 Å². The minimum Gasteiger partial charge on any atom is -0.258 e. The average Bonchev–Trinajstić information content (AvgIpc) is 3.14. The fourth-order valence-electron chi connectivity index (χ4n) is 3.87. The van der Waals surface area contributed by atoms with Gasteiger partial charge in [-0.1, -0.05) is 90.9 Å². The lowest BCUT2D eigenvalue weighted by molar-refractivity contribution is -0.552. The van der Waals surface area contributed by atoms with Crippen LogP contribution in [0.25, 0.3) is 11.3 Å². The molecule has 4 heteroatoms. The summed E-state index contributed by atoms with van der Waals surface area (Å²) in [5.74, 6) is 0.870. The van der Waals surface area contributed by atoms with Crippen molar-refractivity contribution in [3.05, 3.63) is 101 Å². The molecular formula is C28H30N3O+. The van der Waals surface area contributed by atoms with Crippen LogP contribution in [0.15, 0.2) is 90.2 Å². The number of aromatic nitrogens is 2. The van der Waals surface area contributed by atoms with Gasteiger partial charge in [0, 0.05) is 18.4 Å². The molecule has 0 saturated heterocycles. The van der Waals surface area contributed by atoms with Gasteiger partial charge in [0.25, 0.3) is 0 Å². The van der Waals surface area contributed by atoms with Crippen molar-refractivity contribution in [3.63, 3.8) is 0 Å². The van der Waals surface area contributed by atoms with Gasteiger partial charge in [0.1, 0.15) is 17.6 Å². The van der Waals surface area contributed by atoms with E-state index in [4.69, 9.17) is 4.98 Å². The van der Waals surface area contributed by atoms with Crippen molar-refractivity contribution in [2.24, 2.45) is 0 Å². The second-order valence-electron chi connectivity index (χ2n) is 8.44. The molecule has 1 N–H and O–H groups in total. The molecule has 162 valence electrons. The topological polar surface area (TPSA) is 45.9 Å². The first-order chi connectivity index (χ1) is 15.5. The molecule has 1 aromatic heterocycles. The van der Waals surface area contributed by atoms with Crippen LogP contribution in [0, 0.1) is 0 Å². The number of carbonyl (C=O) groups is 1. The molecule has 0 amide bonds. The Bertz CT molecular complexity index is 1160. The number of hydrogen-bond donors (Lipinski definition) is 1. The maximum atomic E-state index is 13.3. The quantitative estimate of drug-likeness (QED) is 0.388. The molecule has 2 aromatic carbocycles. The summed E-state index contributed by atoms with van der Waals surface area (Å²) in [5, 5.41) is 3.47. The first-order valence-corrected chi connectivity index (χ1v) is 11.2. The Balaban J connectivity index is 1.69. The summed E-state index contributed by atoms with van der Waals surface area (Å²) in [4.78, 5) is 18.3. The van der Waals surface area contributed by atoms with E-state index in [1.54, 1.807) is 4.57 Å². The molecule has 0 fully saturated rings. The highest BCUT2D eigenvalue weighted by atomic mass is 16.2. The van der Waals surface area contributed by atoms with E-state index in [1.165, 1.54) is 16.7 Å². The van der Waals surface area contributed by atoms with Gasteiger partial charge in [-0.3, -0.25) is 5.32 Å². The third-order valence-corrected chi connectivity index (χ3v) is 5.89. The number of fused-ring (bicyclic) bond motifs is 1. The number of nitrogens with zero attached hydrogens (tertiary/aromatic N) is 2. The third kappa shape index (κ3) is 4.86. The Morgan fingerprint density at radius 1 is 1.00 bits per heavy atom. The minimum atomic E-state index is -0.288. The number of allylic oxidation sites excluding steroid dienone is 3. The molecule has 32 heavy (non-hydrogen) atoms. The first-order valence-electron chi connectivity index (χ1n) is 11.2. The molecule has 3 aromatic rings. The van der Waals surface area contributed by atoms with Crippen LogP contribution in [0.4, 0.5) is 5.82 Å². The summed E-state index contributed by atoms with van der Waals surface area (Å²) < 4.78 is 1.76. The van der Waals surface area contributed by atoms with Crippen molar-refractivity contribution in [2.45, 2.75) is 46.1 Å². The van der Waals surface area contributed by atoms with Gasteiger partial charge in [0.05, 0.1) is 0 Å². The molecule has 1 aliphatic heterocycles. The van der Waals surface area contributed by atoms with Gasteiger partial charge in [-0.15, -0.1) is 0 Å². The van der Waals surface area contributed by atoms with Crippen LogP contribution in [0.3, 0.4) is 0 Å². The Morgan fingerprint density at radius 2 is 1.66 bits per heavy atom. The molecule has 0 aliphatic carbocycles. The van der Waals surface area contributed by atoms with E-state index >= 15 is 0 Å². The molecule has 0 saturated carbocycles. The molecule has 1 unspecified atom stereocenters. The summed E-state index contributed by atoms with van der Waals surface area (Å²) in [6.07, 6.45) is 8.50. The van der Waals surface area contributed by atoms with E-state index in [0.717, 1.165) is 29.2 Å². The molecule has 1 aliphatic rings. The fraction of sp³-hybridized carbons (Fsp3) is 0.250. The van der Waals surface area contributed by atoms with E-state index in [9.17, 15) is 4.79 Å². The van der Waals surface area contributed by atoms with Gasteiger partial charge >= 0.3 is 11.7 Å². The zero-order valence-corrected chi connectivity index (χ0v) is 19.0. The number of carbonyl (C=O) groups excluding carboxylic acids is 1. The van der Waals surface area contributed by atoms with E-state index in [2.05, 4.69) is 50.4 Å². The molecule has 4 nitrogen and oxygen atoms in total. The molecule has 0 bridgehead atoms. The van der Waals surface area contributed by atoms with Crippen molar-refractivity contribution >= 4 is 11.7 Å². The number of anilines is 1. The lowest BCUT2D eigenvalue weighted by atomic mass is 10.1. The maximum Gasteiger partial charge on any atom is 0.359 e. The van der Waals surface area contributed by atoms with Crippen molar-refractivity contribution in [1.82, 2.24) is 4.98 Å². The zero-order chi connectivity index (χ0) is 22.5. The summed E-state index contributed by atoms with van der Waals surface area (Å²) in [6, 6.07) is 20.0. The largest absolute Gasteiger partial charge is 0.359 e. The van der Waals surface area contributed by atoms with E-state index < -0.39 is 0 Å². The van der Waals surface area contributed by atoms with E-state index in [0.29, 0.717) is 12.8 Å². The highest BCUT2D eigenvalue weighted by molar-refractivity contribution is 5.82. The van der Waals surface area contributed by atoms with Gasteiger partial charge in [-0.05, 0) is 25.8 Å². The molecule has 1 atom stereocenters. The third-order valence-electron chi connectivity index (χ3n) is 5.89. The van der Waals surface area contributed by atoms with Crippen LogP contribution in [0.2, 0.25) is 0 Å². The second kappa shape index (κ2) is 9.73. The van der Waals surface area contributed by atoms with Crippen LogP contribution in [0.5, 0.6) is 0 Å². The van der Waals surface area contributed by atoms with Gasteiger partial charge in [0.15, 0.2) is 6.04 Å². The van der Waals surface area contributed by atoms with Crippen molar-refractivity contribution in [1.29, 1.82) is 0 Å². The highest BCUT2D eigenvalue weighted by Crippen LogP contribution is 2.25. The number of nitrogens with one attached hydrogen (secondary N) is 1. The van der Waals surface area contributed by atoms with Crippen LogP contribution < -0.4 is 9.88 Å². The predicted molar refractivity (Wildman–Crippen MR) is 130 cm³/mol. The molecular weight excluding hydrogens is 394 g/mol. The summed E-state index contributed by atoms with van der Waals surface area (Å²) in [5.41, 5.74) is 6.38. The Morgan fingerprint density at radius 3 is 2.34 bits per heavy atom. The number of hydrogen-bond acceptors (Lipinski definition) is 3. The average molecular weight is 425 g/mol. The highest BCUT2D eigenvalue weighted by Gasteiger charge is 2.40. The number of benzene rings is 2. The van der Waals surface area contributed by atoms with Crippen LogP contribution in [-0.4, -0.2) is 16.9 Å². The first kappa shape index (κ1) is 21.7. The zero-order valence-electron chi connectivity index (χ0n) is 19.0. The maximum absolute atomic E-state index is 13.3. The molecule has 2 heterocycles. The standard InChI is InChI=1S/C28H29N3O/c1-4-20(2)15-16-21(3)17-25-28(32)31-19-26(23-13-9-6-10-14-23)29-24(27(31)30-25)18-22-11-7-5-8-12-22/h5-16,19,25H,4,17-18H2,1-3H3/p+1/b20-15+,21-16+. The molecule has 0 spiro atoms. The van der Waals surface area contributed by atoms with Crippen molar-refractivity contribution in [2.75, 3.05) is 5.32 Å². The second-order valence-corrected chi connectivity index (χ2v) is 8.44. The van der Waals surface area contributed by atoms with Gasteiger partial charge < -0.3 is 0 Å². The van der Waals surface area contributed by atoms with Gasteiger partial charge in [-0.25, -0.2) is 9.78 Å². The SMILES string of the molecule is CC/C(C)=C/C=C(\C)CC1Nc2c(Cc3ccccc3)nc(-c3ccccc3)c[n+]2C1=O. The smallest absolute Gasteiger partial charge is 0.258 e. The lowest BCUT2D eigenvalue weighted by Crippen LogP contribution is -2.43. The summed E-state index contributed by atoms with van der Waals surface area (Å²) in [7, 11) is 0. The van der Waals surface area contributed by atoms with E-state index in [1.807, 2.05) is 54.7 Å². The van der Waals surface area contributed by atoms with Gasteiger partial charge in [-0.2, -0.15) is 4.57 Å². The predicted octanol–water partition coefficient (Wildman–Crippen LogP) is 5.75.